The number of carbonyl (C=O) groups is 2. The predicted octanol–water partition coefficient (Wildman–Crippen LogP) is 2.42. The van der Waals surface area contributed by atoms with Crippen LogP contribution in [0.15, 0.2) is 11.6 Å². The molecular formula is C13H21NO4. The largest absolute Gasteiger partial charge is 0.478 e. The first-order valence-corrected chi connectivity index (χ1v) is 6.11. The molecule has 0 aromatic heterocycles. The Morgan fingerprint density at radius 2 is 2.00 bits per heavy atom. The second kappa shape index (κ2) is 5.42. The van der Waals surface area contributed by atoms with E-state index in [4.69, 9.17) is 9.84 Å². The number of carboxylic acid groups (broad SMARTS) is 1. The van der Waals surface area contributed by atoms with Crippen molar-refractivity contribution in [3.8, 4) is 0 Å². The van der Waals surface area contributed by atoms with Gasteiger partial charge in [0.05, 0.1) is 6.04 Å². The van der Waals surface area contributed by atoms with Crippen molar-refractivity contribution >= 4 is 12.1 Å². The van der Waals surface area contributed by atoms with E-state index >= 15 is 0 Å². The monoisotopic (exact) mass is 255 g/mol. The number of carboxylic acids is 1. The van der Waals surface area contributed by atoms with Crippen LogP contribution in [0.2, 0.25) is 0 Å². The van der Waals surface area contributed by atoms with E-state index in [0.29, 0.717) is 12.1 Å². The Hall–Kier alpha value is -1.52. The molecule has 0 unspecified atom stereocenters. The van der Waals surface area contributed by atoms with Crippen LogP contribution in [0.25, 0.3) is 0 Å². The fourth-order valence-electron chi connectivity index (χ4n) is 2.07. The van der Waals surface area contributed by atoms with Gasteiger partial charge in [-0.2, -0.15) is 0 Å². The molecule has 5 nitrogen and oxygen atoms in total. The molecule has 0 aromatic carbocycles. The molecule has 102 valence electrons. The number of hydrogen-bond donors (Lipinski definition) is 1. The lowest BCUT2D eigenvalue weighted by atomic mass is 10.1. The Morgan fingerprint density at radius 3 is 2.50 bits per heavy atom. The van der Waals surface area contributed by atoms with Gasteiger partial charge in [-0.1, -0.05) is 0 Å². The first-order valence-electron chi connectivity index (χ1n) is 6.11. The highest BCUT2D eigenvalue weighted by atomic mass is 16.6. The average molecular weight is 255 g/mol. The molecule has 1 heterocycles. The molecule has 1 atom stereocenters. The van der Waals surface area contributed by atoms with Gasteiger partial charge in [0.2, 0.25) is 0 Å². The minimum Gasteiger partial charge on any atom is -0.478 e. The summed E-state index contributed by atoms with van der Waals surface area (Å²) in [5.41, 5.74) is 0.153. The van der Waals surface area contributed by atoms with Crippen molar-refractivity contribution < 1.29 is 19.4 Å². The first kappa shape index (κ1) is 14.5. The van der Waals surface area contributed by atoms with Crippen LogP contribution in [0.3, 0.4) is 0 Å². The van der Waals surface area contributed by atoms with E-state index in [1.807, 2.05) is 20.8 Å². The van der Waals surface area contributed by atoms with E-state index in [2.05, 4.69) is 0 Å². The van der Waals surface area contributed by atoms with Crippen molar-refractivity contribution in [2.45, 2.75) is 52.2 Å². The lowest BCUT2D eigenvalue weighted by Crippen LogP contribution is -2.40. The van der Waals surface area contributed by atoms with E-state index in [1.54, 1.807) is 11.8 Å². The molecule has 1 aliphatic rings. The summed E-state index contributed by atoms with van der Waals surface area (Å²) < 4.78 is 5.32. The second-order valence-electron chi connectivity index (χ2n) is 5.56. The van der Waals surface area contributed by atoms with Crippen molar-refractivity contribution in [3.63, 3.8) is 0 Å². The van der Waals surface area contributed by atoms with Gasteiger partial charge in [-0.15, -0.1) is 0 Å². The van der Waals surface area contributed by atoms with Crippen LogP contribution >= 0.6 is 0 Å². The fraction of sp³-hybridized carbons (Fsp3) is 0.692. The molecule has 0 aromatic rings. The predicted molar refractivity (Wildman–Crippen MR) is 67.4 cm³/mol. The van der Waals surface area contributed by atoms with Gasteiger partial charge in [0.25, 0.3) is 0 Å². The number of carbonyl (C=O) groups excluding carboxylic acids is 1. The summed E-state index contributed by atoms with van der Waals surface area (Å²) in [6.07, 6.45) is 2.44. The number of amides is 1. The number of nitrogens with zero attached hydrogens (tertiary/aromatic N) is 1. The third-order valence-corrected chi connectivity index (χ3v) is 2.76. The summed E-state index contributed by atoms with van der Waals surface area (Å²) in [6, 6.07) is -0.157. The molecular weight excluding hydrogens is 234 g/mol. The Bertz CT molecular complexity index is 368. The zero-order chi connectivity index (χ0) is 13.9. The summed E-state index contributed by atoms with van der Waals surface area (Å²) in [7, 11) is 0. The Balaban J connectivity index is 2.76. The molecule has 1 amide bonds. The standard InChI is InChI=1S/C13H21NO4/c1-9(8-11(15)16)10-6-5-7-14(10)12(17)18-13(2,3)4/h8,10H,5-7H2,1-4H3,(H,15,16)/b9-8+/t10-/m0/s1. The van der Waals surface area contributed by atoms with E-state index in [1.165, 1.54) is 0 Å². The topological polar surface area (TPSA) is 66.8 Å². The maximum absolute atomic E-state index is 12.0. The van der Waals surface area contributed by atoms with Gasteiger partial charge in [0, 0.05) is 12.6 Å². The van der Waals surface area contributed by atoms with Crippen molar-refractivity contribution in [3.05, 3.63) is 11.6 Å². The van der Waals surface area contributed by atoms with Crippen LogP contribution in [0.5, 0.6) is 0 Å². The fourth-order valence-corrected chi connectivity index (χ4v) is 2.07. The summed E-state index contributed by atoms with van der Waals surface area (Å²) in [4.78, 5) is 24.3. The molecule has 18 heavy (non-hydrogen) atoms. The van der Waals surface area contributed by atoms with Gasteiger partial charge in [-0.25, -0.2) is 9.59 Å². The van der Waals surface area contributed by atoms with Crippen LogP contribution in [-0.2, 0) is 9.53 Å². The highest BCUT2D eigenvalue weighted by molar-refractivity contribution is 5.81. The molecule has 1 fully saturated rings. The minimum absolute atomic E-state index is 0.157. The summed E-state index contributed by atoms with van der Waals surface area (Å²) >= 11 is 0. The van der Waals surface area contributed by atoms with Crippen LogP contribution in [0.4, 0.5) is 4.79 Å². The maximum Gasteiger partial charge on any atom is 0.410 e. The molecule has 0 radical (unpaired) electrons. The number of likely N-dealkylation sites (tertiary alicyclic amines) is 1. The quantitative estimate of drug-likeness (QED) is 0.769. The van der Waals surface area contributed by atoms with E-state index in [0.717, 1.165) is 18.9 Å². The van der Waals surface area contributed by atoms with Crippen molar-refractivity contribution in [2.75, 3.05) is 6.54 Å². The molecule has 1 aliphatic heterocycles. The van der Waals surface area contributed by atoms with Gasteiger partial charge in [-0.3, -0.25) is 0 Å². The number of rotatable bonds is 2. The molecule has 1 saturated heterocycles. The summed E-state index contributed by atoms with van der Waals surface area (Å²) in [5.74, 6) is -0.983. The Labute approximate surface area is 107 Å². The van der Waals surface area contributed by atoms with Crippen LogP contribution < -0.4 is 0 Å². The third-order valence-electron chi connectivity index (χ3n) is 2.76. The van der Waals surface area contributed by atoms with Gasteiger partial charge >= 0.3 is 12.1 Å². The smallest absolute Gasteiger partial charge is 0.410 e. The van der Waals surface area contributed by atoms with E-state index in [9.17, 15) is 9.59 Å². The van der Waals surface area contributed by atoms with Crippen molar-refractivity contribution in [1.29, 1.82) is 0 Å². The second-order valence-corrected chi connectivity index (χ2v) is 5.56. The van der Waals surface area contributed by atoms with Crippen LogP contribution in [-0.4, -0.2) is 40.3 Å². The highest BCUT2D eigenvalue weighted by Crippen LogP contribution is 2.25. The number of aliphatic carboxylic acids is 1. The van der Waals surface area contributed by atoms with Crippen molar-refractivity contribution in [1.82, 2.24) is 4.90 Å². The molecule has 0 aliphatic carbocycles. The summed E-state index contributed by atoms with van der Waals surface area (Å²) in [5, 5.41) is 8.74. The van der Waals surface area contributed by atoms with Crippen molar-refractivity contribution in [2.24, 2.45) is 0 Å². The number of ether oxygens (including phenoxy) is 1. The first-order chi connectivity index (χ1) is 8.20. The van der Waals surface area contributed by atoms with E-state index < -0.39 is 11.6 Å². The highest BCUT2D eigenvalue weighted by Gasteiger charge is 2.33. The zero-order valence-electron chi connectivity index (χ0n) is 11.4. The van der Waals surface area contributed by atoms with E-state index in [-0.39, 0.29) is 12.1 Å². The van der Waals surface area contributed by atoms with Gasteiger partial charge in [0.15, 0.2) is 0 Å². The Kier molecular flexibility index (Phi) is 4.38. The maximum atomic E-state index is 12.0. The van der Waals surface area contributed by atoms with Crippen LogP contribution in [0.1, 0.15) is 40.5 Å². The molecule has 0 spiro atoms. The lowest BCUT2D eigenvalue weighted by molar-refractivity contribution is -0.131. The SMILES string of the molecule is C/C(=C\C(=O)O)[C@@H]1CCCN1C(=O)OC(C)(C)C. The van der Waals surface area contributed by atoms with Gasteiger partial charge in [-0.05, 0) is 46.1 Å². The minimum atomic E-state index is -0.983. The van der Waals surface area contributed by atoms with Gasteiger partial charge in [0.1, 0.15) is 5.60 Å². The molecule has 0 bridgehead atoms. The Morgan fingerprint density at radius 1 is 1.39 bits per heavy atom. The lowest BCUT2D eigenvalue weighted by Gasteiger charge is -2.29. The summed E-state index contributed by atoms with van der Waals surface area (Å²) in [6.45, 7) is 7.80. The average Bonchev–Trinajstić information content (AvgIpc) is 2.61. The zero-order valence-corrected chi connectivity index (χ0v) is 11.4. The molecule has 1 rings (SSSR count). The number of hydrogen-bond acceptors (Lipinski definition) is 3. The third kappa shape index (κ3) is 4.05. The molecule has 1 N–H and O–H groups in total. The van der Waals surface area contributed by atoms with Gasteiger partial charge < -0.3 is 14.7 Å². The van der Waals surface area contributed by atoms with Crippen LogP contribution in [0, 0.1) is 0 Å². The molecule has 0 saturated carbocycles. The molecule has 5 heteroatoms. The normalized spacial score (nSPS) is 21.0.